The Balaban J connectivity index is 1.93. The van der Waals surface area contributed by atoms with Crippen LogP contribution >= 0.6 is 0 Å². The highest BCUT2D eigenvalue weighted by Crippen LogP contribution is 2.39. The second kappa shape index (κ2) is 4.70. The monoisotopic (exact) mass is 222 g/mol. The Hall–Kier alpha value is -0.630. The summed E-state index contributed by atoms with van der Waals surface area (Å²) in [6, 6.07) is 2.52. The summed E-state index contributed by atoms with van der Waals surface area (Å²) in [5.74, 6) is 0.571. The summed E-state index contributed by atoms with van der Waals surface area (Å²) in [7, 11) is 4.09. The van der Waals surface area contributed by atoms with Gasteiger partial charge in [-0.2, -0.15) is 5.26 Å². The molecular weight excluding hydrogens is 200 g/mol. The lowest BCUT2D eigenvalue weighted by Gasteiger charge is -2.38. The van der Waals surface area contributed by atoms with Crippen molar-refractivity contribution in [2.45, 2.75) is 18.4 Å². The molecule has 2 rings (SSSR count). The van der Waals surface area contributed by atoms with Crippen LogP contribution in [0.25, 0.3) is 0 Å². The van der Waals surface area contributed by atoms with Crippen LogP contribution in [0.2, 0.25) is 0 Å². The summed E-state index contributed by atoms with van der Waals surface area (Å²) < 4.78 is 0. The zero-order chi connectivity index (χ0) is 11.6. The van der Waals surface area contributed by atoms with Gasteiger partial charge in [0.15, 0.2) is 0 Å². The molecule has 0 aromatic rings. The zero-order valence-electron chi connectivity index (χ0n) is 10.4. The Bertz CT molecular complexity index is 273. The van der Waals surface area contributed by atoms with Gasteiger partial charge < -0.3 is 10.2 Å². The lowest BCUT2D eigenvalue weighted by molar-refractivity contribution is 0.125. The van der Waals surface area contributed by atoms with Gasteiger partial charge in [-0.3, -0.25) is 4.90 Å². The molecule has 16 heavy (non-hydrogen) atoms. The Kier molecular flexibility index (Phi) is 3.48. The first kappa shape index (κ1) is 11.8. The molecule has 2 fully saturated rings. The fourth-order valence-electron chi connectivity index (χ4n) is 2.53. The third-order valence-electron chi connectivity index (χ3n) is 3.99. The van der Waals surface area contributed by atoms with Crippen LogP contribution in [-0.2, 0) is 0 Å². The van der Waals surface area contributed by atoms with Gasteiger partial charge in [-0.05, 0) is 32.9 Å². The molecule has 1 saturated heterocycles. The SMILES string of the molecule is CNC(C#N)(CN1CCN(C)CC1)C1CC1. The standard InChI is InChI=1S/C12H22N4/c1-14-12(9-13,11-3-4-11)10-16-7-5-15(2)6-8-16/h11,14H,3-8,10H2,1-2H3. The van der Waals surface area contributed by atoms with Gasteiger partial charge in [0, 0.05) is 32.7 Å². The first-order valence-corrected chi connectivity index (χ1v) is 6.21. The van der Waals surface area contributed by atoms with E-state index >= 15 is 0 Å². The number of nitrogens with one attached hydrogen (secondary N) is 1. The maximum atomic E-state index is 9.42. The van der Waals surface area contributed by atoms with Gasteiger partial charge >= 0.3 is 0 Å². The summed E-state index contributed by atoms with van der Waals surface area (Å²) >= 11 is 0. The molecule has 90 valence electrons. The second-order valence-electron chi connectivity index (χ2n) is 5.19. The average Bonchev–Trinajstić information content (AvgIpc) is 3.13. The topological polar surface area (TPSA) is 42.3 Å². The van der Waals surface area contributed by atoms with Crippen LogP contribution in [0, 0.1) is 17.2 Å². The minimum absolute atomic E-state index is 0.296. The van der Waals surface area contributed by atoms with E-state index in [1.54, 1.807) is 0 Å². The molecule has 1 aliphatic carbocycles. The number of hydrogen-bond acceptors (Lipinski definition) is 4. The summed E-state index contributed by atoms with van der Waals surface area (Å²) in [6.07, 6.45) is 2.42. The molecule has 1 atom stereocenters. The molecule has 0 aromatic carbocycles. The van der Waals surface area contributed by atoms with Gasteiger partial charge in [0.05, 0.1) is 6.07 Å². The van der Waals surface area contributed by atoms with Crippen LogP contribution in [-0.4, -0.2) is 62.2 Å². The lowest BCUT2D eigenvalue weighted by atomic mass is 9.94. The molecule has 0 amide bonds. The molecule has 4 nitrogen and oxygen atoms in total. The minimum atomic E-state index is -0.296. The predicted molar refractivity (Wildman–Crippen MR) is 64.1 cm³/mol. The third kappa shape index (κ3) is 2.37. The Morgan fingerprint density at radius 3 is 2.38 bits per heavy atom. The molecule has 0 bridgehead atoms. The molecule has 1 heterocycles. The number of rotatable bonds is 4. The van der Waals surface area contributed by atoms with Crippen molar-refractivity contribution < 1.29 is 0 Å². The van der Waals surface area contributed by atoms with Crippen molar-refractivity contribution in [1.29, 1.82) is 5.26 Å². The largest absolute Gasteiger partial charge is 0.304 e. The molecule has 0 spiro atoms. The van der Waals surface area contributed by atoms with Crippen LogP contribution in [0.3, 0.4) is 0 Å². The minimum Gasteiger partial charge on any atom is -0.304 e. The van der Waals surface area contributed by atoms with E-state index < -0.39 is 0 Å². The van der Waals surface area contributed by atoms with Crippen LogP contribution < -0.4 is 5.32 Å². The molecule has 0 radical (unpaired) electrons. The molecule has 0 aromatic heterocycles. The van der Waals surface area contributed by atoms with Crippen LogP contribution in [0.15, 0.2) is 0 Å². The van der Waals surface area contributed by atoms with Gasteiger partial charge in [-0.15, -0.1) is 0 Å². The summed E-state index contributed by atoms with van der Waals surface area (Å²) in [5, 5.41) is 12.7. The average molecular weight is 222 g/mol. The molecule has 4 heteroatoms. The molecular formula is C12H22N4. The van der Waals surface area contributed by atoms with Crippen LogP contribution in [0.5, 0.6) is 0 Å². The number of nitriles is 1. The van der Waals surface area contributed by atoms with Crippen molar-refractivity contribution in [3.8, 4) is 6.07 Å². The number of nitrogens with zero attached hydrogens (tertiary/aromatic N) is 3. The highest BCUT2D eigenvalue weighted by Gasteiger charge is 2.45. The van der Waals surface area contributed by atoms with Crippen LogP contribution in [0.1, 0.15) is 12.8 Å². The van der Waals surface area contributed by atoms with E-state index in [0.717, 1.165) is 32.7 Å². The van der Waals surface area contributed by atoms with Crippen molar-refractivity contribution in [3.63, 3.8) is 0 Å². The normalized spacial score (nSPS) is 27.3. The maximum absolute atomic E-state index is 9.42. The van der Waals surface area contributed by atoms with Gasteiger partial charge in [0.1, 0.15) is 5.54 Å². The van der Waals surface area contributed by atoms with Crippen molar-refractivity contribution in [2.75, 3.05) is 46.8 Å². The summed E-state index contributed by atoms with van der Waals surface area (Å²) in [6.45, 7) is 5.31. The Labute approximate surface area is 98.2 Å². The second-order valence-corrected chi connectivity index (χ2v) is 5.19. The Morgan fingerprint density at radius 2 is 1.94 bits per heavy atom. The van der Waals surface area contributed by atoms with E-state index in [1.807, 2.05) is 7.05 Å². The van der Waals surface area contributed by atoms with Crippen molar-refractivity contribution in [3.05, 3.63) is 0 Å². The molecule has 1 saturated carbocycles. The quantitative estimate of drug-likeness (QED) is 0.734. The van der Waals surface area contributed by atoms with E-state index in [9.17, 15) is 5.26 Å². The first-order chi connectivity index (χ1) is 7.70. The molecule has 1 N–H and O–H groups in total. The fraction of sp³-hybridized carbons (Fsp3) is 0.917. The predicted octanol–water partition coefficient (Wildman–Crippen LogP) is 0.126. The highest BCUT2D eigenvalue weighted by atomic mass is 15.3. The summed E-state index contributed by atoms with van der Waals surface area (Å²) in [5.41, 5.74) is -0.296. The van der Waals surface area contributed by atoms with E-state index in [2.05, 4.69) is 28.2 Å². The number of piperazine rings is 1. The third-order valence-corrected chi connectivity index (χ3v) is 3.99. The fourth-order valence-corrected chi connectivity index (χ4v) is 2.53. The van der Waals surface area contributed by atoms with E-state index in [0.29, 0.717) is 5.92 Å². The highest BCUT2D eigenvalue weighted by molar-refractivity contribution is 5.16. The van der Waals surface area contributed by atoms with Crippen molar-refractivity contribution >= 4 is 0 Å². The Morgan fingerprint density at radius 1 is 1.31 bits per heavy atom. The molecule has 1 unspecified atom stereocenters. The van der Waals surface area contributed by atoms with E-state index in [4.69, 9.17) is 0 Å². The van der Waals surface area contributed by atoms with Gasteiger partial charge in [0.25, 0.3) is 0 Å². The van der Waals surface area contributed by atoms with Crippen LogP contribution in [0.4, 0.5) is 0 Å². The smallest absolute Gasteiger partial charge is 0.122 e. The van der Waals surface area contributed by atoms with Gasteiger partial charge in [0.2, 0.25) is 0 Å². The molecule has 2 aliphatic rings. The number of likely N-dealkylation sites (N-methyl/N-ethyl adjacent to an activating group) is 2. The lowest BCUT2D eigenvalue weighted by Crippen LogP contribution is -2.56. The maximum Gasteiger partial charge on any atom is 0.122 e. The van der Waals surface area contributed by atoms with Crippen molar-refractivity contribution in [1.82, 2.24) is 15.1 Å². The van der Waals surface area contributed by atoms with Gasteiger partial charge in [-0.25, -0.2) is 0 Å². The van der Waals surface area contributed by atoms with E-state index in [1.165, 1.54) is 12.8 Å². The van der Waals surface area contributed by atoms with Gasteiger partial charge in [-0.1, -0.05) is 0 Å². The summed E-state index contributed by atoms with van der Waals surface area (Å²) in [4.78, 5) is 4.78. The van der Waals surface area contributed by atoms with Crippen molar-refractivity contribution in [2.24, 2.45) is 5.92 Å². The number of hydrogen-bond donors (Lipinski definition) is 1. The first-order valence-electron chi connectivity index (χ1n) is 6.21. The van der Waals surface area contributed by atoms with E-state index in [-0.39, 0.29) is 5.54 Å². The zero-order valence-corrected chi connectivity index (χ0v) is 10.4. The molecule has 1 aliphatic heterocycles.